The van der Waals surface area contributed by atoms with E-state index in [0.29, 0.717) is 31.6 Å². The van der Waals surface area contributed by atoms with Crippen molar-refractivity contribution in [2.75, 3.05) is 6.54 Å². The van der Waals surface area contributed by atoms with Gasteiger partial charge >= 0.3 is 5.97 Å². The van der Waals surface area contributed by atoms with Gasteiger partial charge in [0.2, 0.25) is 0 Å². The number of hydrogen-bond donors (Lipinski definition) is 5. The molecular weight excluding hydrogens is 202 g/mol. The molecule has 0 radical (unpaired) electrons. The summed E-state index contributed by atoms with van der Waals surface area (Å²) in [7, 11) is 0. The van der Waals surface area contributed by atoms with Crippen molar-refractivity contribution in [3.05, 3.63) is 0 Å². The van der Waals surface area contributed by atoms with Gasteiger partial charge in [0.25, 0.3) is 0 Å². The van der Waals surface area contributed by atoms with Gasteiger partial charge in [0.15, 0.2) is 0 Å². The van der Waals surface area contributed by atoms with Crippen molar-refractivity contribution >= 4 is 11.8 Å². The molecule has 0 aromatic rings. The third kappa shape index (κ3) is 6.83. The van der Waals surface area contributed by atoms with Crippen molar-refractivity contribution in [1.82, 2.24) is 11.0 Å². The van der Waals surface area contributed by atoms with Gasteiger partial charge in [0.1, 0.15) is 11.9 Å². The molecule has 0 saturated heterocycles. The Morgan fingerprint density at radius 1 is 1.40 bits per heavy atom. The SMILES string of the molecule is CC(=NCCCC[C@H](NO)C(=O)O)NO. The molecule has 0 aliphatic carbocycles. The number of carbonyl (C=O) groups is 1. The molecule has 0 aliphatic heterocycles. The summed E-state index contributed by atoms with van der Waals surface area (Å²) >= 11 is 0. The summed E-state index contributed by atoms with van der Waals surface area (Å²) in [6, 6.07) is -0.925. The van der Waals surface area contributed by atoms with Gasteiger partial charge < -0.3 is 10.3 Å². The maximum atomic E-state index is 10.5. The van der Waals surface area contributed by atoms with Crippen LogP contribution in [0.5, 0.6) is 0 Å². The predicted molar refractivity (Wildman–Crippen MR) is 53.1 cm³/mol. The van der Waals surface area contributed by atoms with Crippen molar-refractivity contribution in [1.29, 1.82) is 0 Å². The Morgan fingerprint density at radius 2 is 2.07 bits per heavy atom. The smallest absolute Gasteiger partial charge is 0.323 e. The molecule has 0 amide bonds. The lowest BCUT2D eigenvalue weighted by Gasteiger charge is -2.08. The minimum atomic E-state index is -1.07. The van der Waals surface area contributed by atoms with Crippen LogP contribution in [0, 0.1) is 0 Å². The average Bonchev–Trinajstić information content (AvgIpc) is 2.22. The van der Waals surface area contributed by atoms with Gasteiger partial charge in [-0.2, -0.15) is 5.48 Å². The number of aliphatic carboxylic acids is 1. The first kappa shape index (κ1) is 13.8. The number of carboxylic acid groups (broad SMARTS) is 1. The van der Waals surface area contributed by atoms with Crippen molar-refractivity contribution < 1.29 is 20.3 Å². The molecule has 88 valence electrons. The first-order chi connectivity index (χ1) is 7.11. The highest BCUT2D eigenvalue weighted by Gasteiger charge is 2.14. The van der Waals surface area contributed by atoms with Crippen molar-refractivity contribution in [3.63, 3.8) is 0 Å². The molecule has 0 bridgehead atoms. The van der Waals surface area contributed by atoms with E-state index in [1.54, 1.807) is 12.4 Å². The standard InChI is InChI=1S/C8H17N3O4/c1-6(10-14)9-5-3-2-4-7(11-15)8(12)13/h7,11,14-15H,2-5H2,1H3,(H,9,10)(H,12,13)/t7-/m0/s1. The highest BCUT2D eigenvalue weighted by atomic mass is 16.5. The molecule has 0 aromatic carbocycles. The Hall–Kier alpha value is -1.18. The van der Waals surface area contributed by atoms with Crippen LogP contribution in [0.25, 0.3) is 0 Å². The first-order valence-electron chi connectivity index (χ1n) is 4.65. The molecule has 0 spiro atoms. The molecule has 0 rings (SSSR count). The molecule has 7 nitrogen and oxygen atoms in total. The maximum Gasteiger partial charge on any atom is 0.323 e. The lowest BCUT2D eigenvalue weighted by atomic mass is 10.1. The summed E-state index contributed by atoms with van der Waals surface area (Å²) in [6.07, 6.45) is 1.67. The number of unbranched alkanes of at least 4 members (excludes halogenated alkanes) is 1. The van der Waals surface area contributed by atoms with E-state index < -0.39 is 12.0 Å². The lowest BCUT2D eigenvalue weighted by molar-refractivity contribution is -0.142. The van der Waals surface area contributed by atoms with Gasteiger partial charge in [-0.15, -0.1) is 0 Å². The van der Waals surface area contributed by atoms with Gasteiger partial charge in [-0.25, -0.2) is 0 Å². The van der Waals surface area contributed by atoms with Gasteiger partial charge in [0.05, 0.1) is 0 Å². The second-order valence-electron chi connectivity index (χ2n) is 3.09. The summed E-state index contributed by atoms with van der Waals surface area (Å²) in [4.78, 5) is 14.4. The van der Waals surface area contributed by atoms with Crippen LogP contribution >= 0.6 is 0 Å². The zero-order valence-electron chi connectivity index (χ0n) is 8.60. The zero-order valence-corrected chi connectivity index (χ0v) is 8.60. The normalized spacial score (nSPS) is 13.7. The third-order valence-corrected chi connectivity index (χ3v) is 1.87. The Labute approximate surface area is 87.7 Å². The summed E-state index contributed by atoms with van der Waals surface area (Å²) in [6.45, 7) is 2.13. The highest BCUT2D eigenvalue weighted by molar-refractivity contribution is 5.78. The highest BCUT2D eigenvalue weighted by Crippen LogP contribution is 2.01. The molecule has 0 heterocycles. The number of aliphatic imine (C=N–C) groups is 1. The fourth-order valence-corrected chi connectivity index (χ4v) is 0.986. The Bertz CT molecular complexity index is 220. The molecular formula is C8H17N3O4. The third-order valence-electron chi connectivity index (χ3n) is 1.87. The monoisotopic (exact) mass is 219 g/mol. The van der Waals surface area contributed by atoms with E-state index in [4.69, 9.17) is 15.5 Å². The van der Waals surface area contributed by atoms with Crippen LogP contribution in [0.2, 0.25) is 0 Å². The Morgan fingerprint density at radius 3 is 2.53 bits per heavy atom. The van der Waals surface area contributed by atoms with Crippen LogP contribution in [0.4, 0.5) is 0 Å². The van der Waals surface area contributed by atoms with Crippen LogP contribution in [-0.2, 0) is 4.79 Å². The van der Waals surface area contributed by atoms with E-state index in [2.05, 4.69) is 4.99 Å². The molecule has 5 N–H and O–H groups in total. The number of hydrogen-bond acceptors (Lipinski definition) is 5. The van der Waals surface area contributed by atoms with E-state index in [1.165, 1.54) is 0 Å². The van der Waals surface area contributed by atoms with E-state index >= 15 is 0 Å². The van der Waals surface area contributed by atoms with Crippen molar-refractivity contribution in [2.45, 2.75) is 32.2 Å². The van der Waals surface area contributed by atoms with Crippen LogP contribution in [0.1, 0.15) is 26.2 Å². The summed E-state index contributed by atoms with van der Waals surface area (Å²) in [5, 5.41) is 25.4. The number of amidine groups is 1. The number of nitrogens with zero attached hydrogens (tertiary/aromatic N) is 1. The summed E-state index contributed by atoms with van der Waals surface area (Å²) < 4.78 is 0. The summed E-state index contributed by atoms with van der Waals surface area (Å²) in [5.74, 6) is -0.653. The molecule has 0 aromatic heterocycles. The molecule has 0 aliphatic rings. The largest absolute Gasteiger partial charge is 0.480 e. The number of nitrogens with one attached hydrogen (secondary N) is 2. The van der Waals surface area contributed by atoms with Gasteiger partial charge in [0, 0.05) is 6.54 Å². The van der Waals surface area contributed by atoms with E-state index in [0.717, 1.165) is 0 Å². The first-order valence-corrected chi connectivity index (χ1v) is 4.65. The molecule has 0 fully saturated rings. The quantitative estimate of drug-likeness (QED) is 0.178. The fraction of sp³-hybridized carbons (Fsp3) is 0.750. The van der Waals surface area contributed by atoms with Crippen molar-refractivity contribution in [3.8, 4) is 0 Å². The Balaban J connectivity index is 3.57. The van der Waals surface area contributed by atoms with E-state index in [1.807, 2.05) is 5.48 Å². The second-order valence-corrected chi connectivity index (χ2v) is 3.09. The zero-order chi connectivity index (χ0) is 11.7. The minimum Gasteiger partial charge on any atom is -0.480 e. The van der Waals surface area contributed by atoms with E-state index in [-0.39, 0.29) is 0 Å². The van der Waals surface area contributed by atoms with Crippen LogP contribution < -0.4 is 11.0 Å². The maximum absolute atomic E-state index is 10.5. The van der Waals surface area contributed by atoms with E-state index in [9.17, 15) is 4.79 Å². The number of rotatable bonds is 7. The van der Waals surface area contributed by atoms with Crippen LogP contribution in [-0.4, -0.2) is 39.9 Å². The molecule has 15 heavy (non-hydrogen) atoms. The topological polar surface area (TPSA) is 114 Å². The minimum absolute atomic E-state index is 0.340. The van der Waals surface area contributed by atoms with Crippen LogP contribution in [0.3, 0.4) is 0 Å². The molecule has 0 saturated carbocycles. The molecule has 7 heteroatoms. The molecule has 1 atom stereocenters. The average molecular weight is 219 g/mol. The molecule has 0 unspecified atom stereocenters. The fourth-order valence-electron chi connectivity index (χ4n) is 0.986. The number of carboxylic acids is 1. The summed E-state index contributed by atoms with van der Waals surface area (Å²) in [5.41, 5.74) is 3.62. The second kappa shape index (κ2) is 8.16. The van der Waals surface area contributed by atoms with Crippen molar-refractivity contribution in [2.24, 2.45) is 4.99 Å². The van der Waals surface area contributed by atoms with Gasteiger partial charge in [-0.05, 0) is 26.2 Å². The Kier molecular flexibility index (Phi) is 7.51. The lowest BCUT2D eigenvalue weighted by Crippen LogP contribution is -2.34. The predicted octanol–water partition coefficient (Wildman–Crippen LogP) is -0.0141. The van der Waals surface area contributed by atoms with Crippen LogP contribution in [0.15, 0.2) is 4.99 Å². The number of hydroxylamine groups is 2. The van der Waals surface area contributed by atoms with Gasteiger partial charge in [-0.3, -0.25) is 20.5 Å². The van der Waals surface area contributed by atoms with Gasteiger partial charge in [-0.1, -0.05) is 0 Å².